The predicted octanol–water partition coefficient (Wildman–Crippen LogP) is 2.10. The summed E-state index contributed by atoms with van der Waals surface area (Å²) in [5.74, 6) is -3.81. The van der Waals surface area contributed by atoms with E-state index in [1.165, 1.54) is 5.56 Å². The number of nitrogens with two attached hydrogens (primary N) is 1. The molecule has 1 aliphatic rings. The van der Waals surface area contributed by atoms with E-state index in [1.54, 1.807) is 11.1 Å². The van der Waals surface area contributed by atoms with Crippen LogP contribution in [-0.2, 0) is 26.3 Å². The molecule has 3 aromatic rings. The number of rotatable bonds is 4. The van der Waals surface area contributed by atoms with Gasteiger partial charge in [0.25, 0.3) is 0 Å². The molecule has 4 rings (SSSR count). The summed E-state index contributed by atoms with van der Waals surface area (Å²) in [7, 11) is 0. The molecule has 0 spiro atoms. The van der Waals surface area contributed by atoms with Crippen LogP contribution in [0.5, 0.6) is 0 Å². The van der Waals surface area contributed by atoms with Gasteiger partial charge in [0.15, 0.2) is 0 Å². The van der Waals surface area contributed by atoms with Gasteiger partial charge in [0.1, 0.15) is 5.65 Å². The molecule has 36 heavy (non-hydrogen) atoms. The summed E-state index contributed by atoms with van der Waals surface area (Å²) in [6.07, 6.45) is 1.88. The van der Waals surface area contributed by atoms with Crippen molar-refractivity contribution in [2.75, 3.05) is 19.6 Å². The summed E-state index contributed by atoms with van der Waals surface area (Å²) >= 11 is 0. The lowest BCUT2D eigenvalue weighted by Crippen LogP contribution is -2.51. The van der Waals surface area contributed by atoms with Gasteiger partial charge < -0.3 is 25.5 Å². The Morgan fingerprint density at radius 1 is 1.08 bits per heavy atom. The van der Waals surface area contributed by atoms with E-state index in [1.807, 2.05) is 47.1 Å². The highest BCUT2D eigenvalue weighted by atomic mass is 19.4. The van der Waals surface area contributed by atoms with Crippen molar-refractivity contribution in [3.05, 3.63) is 72.2 Å². The molecule has 9 nitrogen and oxygen atoms in total. The van der Waals surface area contributed by atoms with Gasteiger partial charge in [-0.25, -0.2) is 9.78 Å². The lowest BCUT2D eigenvalue weighted by Gasteiger charge is -2.41. The number of pyridine rings is 1. The van der Waals surface area contributed by atoms with Crippen molar-refractivity contribution in [3.63, 3.8) is 0 Å². The number of piperidine rings is 1. The average Bonchev–Trinajstić information content (AvgIpc) is 3.35. The maximum Gasteiger partial charge on any atom is 0.490 e. The van der Waals surface area contributed by atoms with Gasteiger partial charge in [-0.1, -0.05) is 30.3 Å². The standard InChI is InChI=1S/C22H25N5O2.C2HF3O2/c23-16-22(18-4-2-1-3-5-18)7-11-27(12-8-22)21(29)20(28)25-15-17-6-10-26-13-9-24-19(26)14-17;3-2(4,5)1(6)7/h1-6,9-10,13-14H,7-8,11-12,15-16,23H2,(H,25,28);(H,6,7). The number of benzene rings is 1. The first kappa shape index (κ1) is 26.7. The zero-order chi connectivity index (χ0) is 26.3. The molecule has 0 radical (unpaired) electrons. The van der Waals surface area contributed by atoms with E-state index in [0.717, 1.165) is 24.1 Å². The Morgan fingerprint density at radius 3 is 2.31 bits per heavy atom. The number of nitrogens with one attached hydrogen (secondary N) is 1. The molecule has 0 saturated carbocycles. The second kappa shape index (κ2) is 11.2. The molecule has 0 bridgehead atoms. The first-order valence-electron chi connectivity index (χ1n) is 11.1. The van der Waals surface area contributed by atoms with E-state index in [0.29, 0.717) is 26.2 Å². The van der Waals surface area contributed by atoms with Crippen LogP contribution in [0.3, 0.4) is 0 Å². The quantitative estimate of drug-likeness (QED) is 0.466. The van der Waals surface area contributed by atoms with Crippen molar-refractivity contribution in [3.8, 4) is 0 Å². The van der Waals surface area contributed by atoms with Gasteiger partial charge in [-0.3, -0.25) is 9.59 Å². The zero-order valence-corrected chi connectivity index (χ0v) is 19.2. The van der Waals surface area contributed by atoms with E-state index >= 15 is 0 Å². The fourth-order valence-corrected chi connectivity index (χ4v) is 4.00. The van der Waals surface area contributed by atoms with Crippen LogP contribution in [0, 0.1) is 0 Å². The number of aromatic nitrogens is 2. The number of imidazole rings is 1. The molecule has 2 aromatic heterocycles. The number of fused-ring (bicyclic) bond motifs is 1. The minimum absolute atomic E-state index is 0.131. The number of aliphatic carboxylic acids is 1. The number of halogens is 3. The minimum Gasteiger partial charge on any atom is -0.475 e. The molecular formula is C24H26F3N5O4. The number of likely N-dealkylation sites (tertiary alicyclic amines) is 1. The topological polar surface area (TPSA) is 130 Å². The number of carboxylic acids is 1. The first-order valence-corrected chi connectivity index (χ1v) is 11.1. The Kier molecular flexibility index (Phi) is 8.30. The number of carboxylic acid groups (broad SMARTS) is 1. The zero-order valence-electron chi connectivity index (χ0n) is 19.2. The fraction of sp³-hybridized carbons (Fsp3) is 0.333. The SMILES string of the molecule is NCC1(c2ccccc2)CCN(C(=O)C(=O)NCc2ccn3ccnc3c2)CC1.O=C(O)C(F)(F)F. The van der Waals surface area contributed by atoms with E-state index in [2.05, 4.69) is 22.4 Å². The van der Waals surface area contributed by atoms with Gasteiger partial charge in [0.2, 0.25) is 0 Å². The predicted molar refractivity (Wildman–Crippen MR) is 124 cm³/mol. The Labute approximate surface area is 204 Å². The maximum atomic E-state index is 12.6. The molecule has 1 aliphatic heterocycles. The van der Waals surface area contributed by atoms with Crippen molar-refractivity contribution in [1.29, 1.82) is 0 Å². The third-order valence-electron chi connectivity index (χ3n) is 6.14. The number of amides is 2. The monoisotopic (exact) mass is 505 g/mol. The summed E-state index contributed by atoms with van der Waals surface area (Å²) < 4.78 is 33.6. The number of alkyl halides is 3. The average molecular weight is 505 g/mol. The van der Waals surface area contributed by atoms with E-state index in [-0.39, 0.29) is 5.41 Å². The normalized spacial score (nSPS) is 15.1. The van der Waals surface area contributed by atoms with Crippen molar-refractivity contribution < 1.29 is 32.7 Å². The Morgan fingerprint density at radius 2 is 1.72 bits per heavy atom. The molecule has 0 atom stereocenters. The van der Waals surface area contributed by atoms with Gasteiger partial charge in [0, 0.05) is 50.2 Å². The van der Waals surface area contributed by atoms with Crippen LogP contribution in [0.1, 0.15) is 24.0 Å². The van der Waals surface area contributed by atoms with Crippen LogP contribution in [0.4, 0.5) is 13.2 Å². The smallest absolute Gasteiger partial charge is 0.475 e. The first-order chi connectivity index (χ1) is 17.1. The lowest BCUT2D eigenvalue weighted by atomic mass is 9.73. The van der Waals surface area contributed by atoms with Crippen molar-refractivity contribution >= 4 is 23.4 Å². The Hall–Kier alpha value is -3.93. The minimum atomic E-state index is -5.08. The van der Waals surface area contributed by atoms with Crippen molar-refractivity contribution in [2.24, 2.45) is 5.73 Å². The molecule has 0 unspecified atom stereocenters. The van der Waals surface area contributed by atoms with Crippen LogP contribution in [-0.4, -0.2) is 63.0 Å². The number of carbonyl (C=O) groups is 3. The molecule has 12 heteroatoms. The summed E-state index contributed by atoms with van der Waals surface area (Å²) in [5.41, 5.74) is 8.88. The van der Waals surface area contributed by atoms with Crippen molar-refractivity contribution in [1.82, 2.24) is 19.6 Å². The van der Waals surface area contributed by atoms with Gasteiger partial charge >= 0.3 is 24.0 Å². The molecule has 192 valence electrons. The maximum absolute atomic E-state index is 12.6. The summed E-state index contributed by atoms with van der Waals surface area (Å²) in [6.45, 7) is 1.87. The molecular weight excluding hydrogens is 479 g/mol. The van der Waals surface area contributed by atoms with E-state index in [9.17, 15) is 22.8 Å². The van der Waals surface area contributed by atoms with E-state index < -0.39 is 24.0 Å². The van der Waals surface area contributed by atoms with Crippen LogP contribution >= 0.6 is 0 Å². The van der Waals surface area contributed by atoms with Gasteiger partial charge in [-0.05, 0) is 36.1 Å². The largest absolute Gasteiger partial charge is 0.490 e. The third kappa shape index (κ3) is 6.39. The lowest BCUT2D eigenvalue weighted by molar-refractivity contribution is -0.192. The molecule has 3 heterocycles. The van der Waals surface area contributed by atoms with Gasteiger partial charge in [0.05, 0.1) is 0 Å². The molecule has 1 saturated heterocycles. The summed E-state index contributed by atoms with van der Waals surface area (Å²) in [4.78, 5) is 39.7. The highest BCUT2D eigenvalue weighted by Crippen LogP contribution is 2.34. The van der Waals surface area contributed by atoms with Gasteiger partial charge in [-0.15, -0.1) is 0 Å². The van der Waals surface area contributed by atoms with Crippen molar-refractivity contribution in [2.45, 2.75) is 31.0 Å². The fourth-order valence-electron chi connectivity index (χ4n) is 4.00. The molecule has 2 amide bonds. The summed E-state index contributed by atoms with van der Waals surface area (Å²) in [5, 5.41) is 9.85. The molecule has 1 fully saturated rings. The highest BCUT2D eigenvalue weighted by molar-refractivity contribution is 6.35. The Balaban J connectivity index is 0.000000454. The van der Waals surface area contributed by atoms with Crippen LogP contribution in [0.2, 0.25) is 0 Å². The number of hydrogen-bond donors (Lipinski definition) is 3. The second-order valence-electron chi connectivity index (χ2n) is 8.36. The summed E-state index contributed by atoms with van der Waals surface area (Å²) in [6, 6.07) is 14.0. The van der Waals surface area contributed by atoms with Crippen LogP contribution in [0.25, 0.3) is 5.65 Å². The van der Waals surface area contributed by atoms with Crippen LogP contribution in [0.15, 0.2) is 61.1 Å². The molecule has 0 aliphatic carbocycles. The number of carbonyl (C=O) groups excluding carboxylic acids is 2. The van der Waals surface area contributed by atoms with Crippen LogP contribution < -0.4 is 11.1 Å². The van der Waals surface area contributed by atoms with Gasteiger partial charge in [-0.2, -0.15) is 13.2 Å². The second-order valence-corrected chi connectivity index (χ2v) is 8.36. The highest BCUT2D eigenvalue weighted by Gasteiger charge is 2.38. The third-order valence-corrected chi connectivity index (χ3v) is 6.14. The van der Waals surface area contributed by atoms with E-state index in [4.69, 9.17) is 15.6 Å². The molecule has 4 N–H and O–H groups in total. The number of nitrogens with zero attached hydrogens (tertiary/aromatic N) is 3. The molecule has 1 aromatic carbocycles. The Bertz CT molecular complexity index is 1210. The number of hydrogen-bond acceptors (Lipinski definition) is 5.